The van der Waals surface area contributed by atoms with Crippen LogP contribution in [0.5, 0.6) is 0 Å². The molecule has 63 heavy (non-hydrogen) atoms. The number of fused-ring (bicyclic) bond motifs is 7. The van der Waals surface area contributed by atoms with E-state index < -0.39 is 0 Å². The van der Waals surface area contributed by atoms with E-state index in [4.69, 9.17) is 0 Å². The van der Waals surface area contributed by atoms with Crippen molar-refractivity contribution in [3.05, 3.63) is 242 Å². The predicted molar refractivity (Wildman–Crippen MR) is 267 cm³/mol. The maximum absolute atomic E-state index is 2.45. The first kappa shape index (κ1) is 36.9. The molecule has 2 nitrogen and oxygen atoms in total. The summed E-state index contributed by atoms with van der Waals surface area (Å²) in [5.41, 5.74) is 19.2. The second-order valence-corrected chi connectivity index (χ2v) is 17.4. The highest BCUT2D eigenvalue weighted by Crippen LogP contribution is 2.52. The Morgan fingerprint density at radius 1 is 0.333 bits per heavy atom. The molecule has 12 rings (SSSR count). The van der Waals surface area contributed by atoms with Gasteiger partial charge in [-0.3, -0.25) is 0 Å². The highest BCUT2D eigenvalue weighted by atomic mass is 15.1. The number of hydrogen-bond acceptors (Lipinski definition) is 1. The number of benzene rings is 10. The quantitative estimate of drug-likeness (QED) is 0.156. The molecule has 0 fully saturated rings. The van der Waals surface area contributed by atoms with E-state index in [2.05, 4.69) is 254 Å². The van der Waals surface area contributed by atoms with E-state index in [0.717, 1.165) is 17.1 Å². The van der Waals surface area contributed by atoms with Crippen LogP contribution in [0, 0.1) is 0 Å². The summed E-state index contributed by atoms with van der Waals surface area (Å²) in [6, 6.07) is 84.7. The van der Waals surface area contributed by atoms with Crippen LogP contribution in [-0.2, 0) is 5.41 Å². The topological polar surface area (TPSA) is 8.17 Å². The van der Waals surface area contributed by atoms with Gasteiger partial charge in [-0.1, -0.05) is 178 Å². The summed E-state index contributed by atoms with van der Waals surface area (Å²) in [6.45, 7) is 4.78. The zero-order valence-corrected chi connectivity index (χ0v) is 35.3. The molecule has 11 aromatic rings. The van der Waals surface area contributed by atoms with Gasteiger partial charge < -0.3 is 9.47 Å². The van der Waals surface area contributed by atoms with Crippen molar-refractivity contribution in [1.82, 2.24) is 4.57 Å². The molecule has 1 aromatic heterocycles. The number of hydrogen-bond donors (Lipinski definition) is 0. The van der Waals surface area contributed by atoms with Crippen molar-refractivity contribution >= 4 is 49.6 Å². The second-order valence-electron chi connectivity index (χ2n) is 17.4. The Bertz CT molecular complexity index is 3490. The molecule has 0 saturated heterocycles. The van der Waals surface area contributed by atoms with E-state index in [1.165, 1.54) is 93.9 Å². The van der Waals surface area contributed by atoms with Crippen LogP contribution in [0.2, 0.25) is 0 Å². The van der Waals surface area contributed by atoms with Crippen LogP contribution in [0.4, 0.5) is 17.1 Å². The monoisotopic (exact) mass is 804 g/mol. The summed E-state index contributed by atoms with van der Waals surface area (Å²) in [5.74, 6) is 0. The molecule has 1 aliphatic rings. The zero-order chi connectivity index (χ0) is 42.1. The molecule has 2 heteroatoms. The normalized spacial score (nSPS) is 12.7. The zero-order valence-electron chi connectivity index (χ0n) is 35.3. The average Bonchev–Trinajstić information content (AvgIpc) is 3.79. The van der Waals surface area contributed by atoms with E-state index in [-0.39, 0.29) is 5.41 Å². The Kier molecular flexibility index (Phi) is 8.55. The van der Waals surface area contributed by atoms with Crippen LogP contribution >= 0.6 is 0 Å². The molecule has 298 valence electrons. The number of para-hydroxylation sites is 2. The molecular formula is C61H44N2. The standard InChI is InChI=1S/C61H44N2/c1-61(2)57-39-49(32-34-53(57)54-35-33-50(40-58(54)61)63-59-30-10-8-27-55(59)56-28-9-11-31-60(56)63)62(48-25-14-23-46(38-48)52-29-15-19-42-18-6-7-26-51(42)52)47-24-13-22-45(37-47)44-21-12-20-43(36-44)41-16-4-3-5-17-41/h3-40H,1-2H3. The van der Waals surface area contributed by atoms with Crippen molar-refractivity contribution in [3.63, 3.8) is 0 Å². The fraction of sp³-hybridized carbons (Fsp3) is 0.0492. The van der Waals surface area contributed by atoms with Gasteiger partial charge in [-0.2, -0.15) is 0 Å². The summed E-state index contributed by atoms with van der Waals surface area (Å²) < 4.78 is 2.43. The number of anilines is 3. The Hall–Kier alpha value is -7.94. The molecule has 0 amide bonds. The van der Waals surface area contributed by atoms with Gasteiger partial charge in [0.05, 0.1) is 11.0 Å². The van der Waals surface area contributed by atoms with Gasteiger partial charge >= 0.3 is 0 Å². The molecule has 1 heterocycles. The van der Waals surface area contributed by atoms with Crippen LogP contribution in [-0.4, -0.2) is 4.57 Å². The van der Waals surface area contributed by atoms with Crippen molar-refractivity contribution in [1.29, 1.82) is 0 Å². The van der Waals surface area contributed by atoms with Gasteiger partial charge in [0.1, 0.15) is 0 Å². The number of rotatable bonds is 7. The SMILES string of the molecule is CC1(C)c2cc(N(c3cccc(-c4cccc(-c5ccccc5)c4)c3)c3cccc(-c4cccc5ccccc45)c3)ccc2-c2ccc(-n3c4ccccc4c4ccccc43)cc21. The largest absolute Gasteiger partial charge is 0.310 e. The summed E-state index contributed by atoms with van der Waals surface area (Å²) in [7, 11) is 0. The van der Waals surface area contributed by atoms with Crippen molar-refractivity contribution in [2.75, 3.05) is 4.90 Å². The molecule has 0 aliphatic heterocycles. The maximum atomic E-state index is 2.45. The smallest absolute Gasteiger partial charge is 0.0541 e. The lowest BCUT2D eigenvalue weighted by atomic mass is 9.82. The van der Waals surface area contributed by atoms with E-state index in [9.17, 15) is 0 Å². The Balaban J connectivity index is 0.999. The van der Waals surface area contributed by atoms with Crippen LogP contribution in [0.25, 0.3) is 82.8 Å². The second kappa shape index (κ2) is 14.6. The minimum atomic E-state index is -0.244. The third-order valence-corrected chi connectivity index (χ3v) is 13.4. The van der Waals surface area contributed by atoms with E-state index in [1.807, 2.05) is 0 Å². The highest BCUT2D eigenvalue weighted by molar-refractivity contribution is 6.09. The van der Waals surface area contributed by atoms with Gasteiger partial charge in [0.25, 0.3) is 0 Å². The third kappa shape index (κ3) is 6.09. The van der Waals surface area contributed by atoms with Crippen LogP contribution in [0.1, 0.15) is 25.0 Å². The van der Waals surface area contributed by atoms with Crippen LogP contribution in [0.3, 0.4) is 0 Å². The van der Waals surface area contributed by atoms with Crippen molar-refractivity contribution < 1.29 is 0 Å². The molecule has 0 N–H and O–H groups in total. The lowest BCUT2D eigenvalue weighted by Crippen LogP contribution is -2.17. The third-order valence-electron chi connectivity index (χ3n) is 13.4. The molecule has 0 saturated carbocycles. The summed E-state index contributed by atoms with van der Waals surface area (Å²) in [4.78, 5) is 2.45. The Morgan fingerprint density at radius 2 is 0.825 bits per heavy atom. The van der Waals surface area contributed by atoms with Gasteiger partial charge in [-0.05, 0) is 133 Å². The van der Waals surface area contributed by atoms with Crippen molar-refractivity contribution in [2.45, 2.75) is 19.3 Å². The van der Waals surface area contributed by atoms with Crippen LogP contribution in [0.15, 0.2) is 231 Å². The van der Waals surface area contributed by atoms with Gasteiger partial charge in [0, 0.05) is 38.9 Å². The van der Waals surface area contributed by atoms with Gasteiger partial charge in [0.2, 0.25) is 0 Å². The van der Waals surface area contributed by atoms with Gasteiger partial charge in [-0.25, -0.2) is 0 Å². The lowest BCUT2D eigenvalue weighted by molar-refractivity contribution is 0.660. The summed E-state index contributed by atoms with van der Waals surface area (Å²) >= 11 is 0. The number of aromatic nitrogens is 1. The molecule has 0 radical (unpaired) electrons. The highest BCUT2D eigenvalue weighted by Gasteiger charge is 2.36. The predicted octanol–water partition coefficient (Wildman–Crippen LogP) is 16.7. The first-order valence-corrected chi connectivity index (χ1v) is 21.9. The minimum Gasteiger partial charge on any atom is -0.310 e. The van der Waals surface area contributed by atoms with Gasteiger partial charge in [0.15, 0.2) is 0 Å². The molecule has 10 aromatic carbocycles. The van der Waals surface area contributed by atoms with E-state index in [1.54, 1.807) is 0 Å². The van der Waals surface area contributed by atoms with Crippen molar-refractivity contribution in [3.8, 4) is 50.2 Å². The van der Waals surface area contributed by atoms with Crippen molar-refractivity contribution in [2.24, 2.45) is 0 Å². The summed E-state index contributed by atoms with van der Waals surface area (Å²) in [6.07, 6.45) is 0. The maximum Gasteiger partial charge on any atom is 0.0541 e. The fourth-order valence-electron chi connectivity index (χ4n) is 10.3. The summed E-state index contributed by atoms with van der Waals surface area (Å²) in [5, 5.41) is 5.04. The first-order chi connectivity index (χ1) is 31.0. The molecule has 0 bridgehead atoms. The molecule has 0 unspecified atom stereocenters. The Morgan fingerprint density at radius 3 is 1.56 bits per heavy atom. The lowest BCUT2D eigenvalue weighted by Gasteiger charge is -2.29. The van der Waals surface area contributed by atoms with E-state index in [0.29, 0.717) is 0 Å². The molecule has 1 aliphatic carbocycles. The van der Waals surface area contributed by atoms with E-state index >= 15 is 0 Å². The average molecular weight is 805 g/mol. The Labute approximate surface area is 368 Å². The molecular weight excluding hydrogens is 761 g/mol. The molecule has 0 atom stereocenters. The number of nitrogens with zero attached hydrogens (tertiary/aromatic N) is 2. The van der Waals surface area contributed by atoms with Gasteiger partial charge in [-0.15, -0.1) is 0 Å². The minimum absolute atomic E-state index is 0.244. The first-order valence-electron chi connectivity index (χ1n) is 21.9. The van der Waals surface area contributed by atoms with Crippen LogP contribution < -0.4 is 4.90 Å². The fourth-order valence-corrected chi connectivity index (χ4v) is 10.3. The molecule has 0 spiro atoms.